The largest absolute Gasteiger partial charge is 0.398 e. The molecule has 2 N–H and O–H groups in total. The molecular formula is C25H21NO2. The molecule has 0 fully saturated rings. The summed E-state index contributed by atoms with van der Waals surface area (Å²) in [5, 5.41) is 0. The molecular weight excluding hydrogens is 346 g/mol. The van der Waals surface area contributed by atoms with Gasteiger partial charge in [-0.3, -0.25) is 9.59 Å². The van der Waals surface area contributed by atoms with Crippen LogP contribution in [0.1, 0.15) is 62.7 Å². The maximum atomic E-state index is 13.1. The highest BCUT2D eigenvalue weighted by Crippen LogP contribution is 2.38. The number of ketones is 2. The van der Waals surface area contributed by atoms with Crippen molar-refractivity contribution in [1.82, 2.24) is 0 Å². The number of carbonyl (C=O) groups excluding carboxylic acids is 2. The predicted octanol–water partition coefficient (Wildman–Crippen LogP) is 4.29. The summed E-state index contributed by atoms with van der Waals surface area (Å²) in [6.45, 7) is 5.86. The van der Waals surface area contributed by atoms with Crippen molar-refractivity contribution in [3.63, 3.8) is 0 Å². The summed E-state index contributed by atoms with van der Waals surface area (Å²) in [6, 6.07) is 8.79. The molecule has 0 aromatic heterocycles. The van der Waals surface area contributed by atoms with Gasteiger partial charge in [0, 0.05) is 28.3 Å². The Hall–Kier alpha value is -3.56. The van der Waals surface area contributed by atoms with Gasteiger partial charge in [0.25, 0.3) is 0 Å². The third-order valence-electron chi connectivity index (χ3n) is 5.28. The minimum Gasteiger partial charge on any atom is -0.398 e. The van der Waals surface area contributed by atoms with Crippen molar-refractivity contribution < 1.29 is 9.59 Å². The number of anilines is 1. The Kier molecular flexibility index (Phi) is 5.21. The monoisotopic (exact) mass is 367 g/mol. The lowest BCUT2D eigenvalue weighted by Crippen LogP contribution is -2.25. The topological polar surface area (TPSA) is 60.2 Å². The Balaban J connectivity index is 2.11. The molecule has 1 unspecified atom stereocenters. The van der Waals surface area contributed by atoms with E-state index in [1.54, 1.807) is 36.4 Å². The molecule has 1 aliphatic rings. The molecule has 0 radical (unpaired) electrons. The Morgan fingerprint density at radius 1 is 1.04 bits per heavy atom. The lowest BCUT2D eigenvalue weighted by molar-refractivity contribution is 0.0979. The number of terminal acetylenes is 1. The number of nitrogens with two attached hydrogens (primary N) is 1. The number of aryl methyl sites for hydroxylation is 1. The van der Waals surface area contributed by atoms with E-state index >= 15 is 0 Å². The first kappa shape index (κ1) is 19.2. The number of allylic oxidation sites excluding steroid dienone is 2. The highest BCUT2D eigenvalue weighted by molar-refractivity contribution is 6.30. The second-order valence-corrected chi connectivity index (χ2v) is 7.02. The summed E-state index contributed by atoms with van der Waals surface area (Å²) >= 11 is 0. The molecule has 0 aliphatic heterocycles. The van der Waals surface area contributed by atoms with Crippen LogP contribution in [-0.4, -0.2) is 11.6 Å². The van der Waals surface area contributed by atoms with Crippen LogP contribution >= 0.6 is 0 Å². The van der Waals surface area contributed by atoms with Gasteiger partial charge in [0.1, 0.15) is 0 Å². The zero-order valence-corrected chi connectivity index (χ0v) is 16.2. The molecule has 0 bridgehead atoms. The summed E-state index contributed by atoms with van der Waals surface area (Å²) in [6.07, 6.45) is 8.35. The van der Waals surface area contributed by atoms with Crippen molar-refractivity contribution in [1.29, 1.82) is 0 Å². The average molecular weight is 367 g/mol. The van der Waals surface area contributed by atoms with Gasteiger partial charge in [0.2, 0.25) is 0 Å². The van der Waals surface area contributed by atoms with Crippen LogP contribution in [-0.2, 0) is 0 Å². The van der Waals surface area contributed by atoms with Gasteiger partial charge in [0.15, 0.2) is 11.6 Å². The molecule has 3 heteroatoms. The van der Waals surface area contributed by atoms with E-state index in [4.69, 9.17) is 12.2 Å². The van der Waals surface area contributed by atoms with Crippen LogP contribution in [0.25, 0.3) is 0 Å². The first-order chi connectivity index (χ1) is 13.4. The maximum absolute atomic E-state index is 13.1. The number of carbonyl (C=O) groups is 2. The number of benzene rings is 2. The van der Waals surface area contributed by atoms with Gasteiger partial charge in [-0.25, -0.2) is 0 Å². The van der Waals surface area contributed by atoms with Crippen molar-refractivity contribution in [3.05, 3.63) is 75.9 Å². The standard InChI is InChI=1S/C25H21NO2/c1-5-6-7-8-11-15(2)17(4)20-14-16(3)21-22(23(20)26)25(28)19-13-10-9-12-18(19)24(21)27/h1,6-7,9-10,12-15,17H,26H2,2-4H3/b7-6-/t15-,17?/m1/s1. The van der Waals surface area contributed by atoms with Gasteiger partial charge < -0.3 is 5.73 Å². The second kappa shape index (κ2) is 7.59. The van der Waals surface area contributed by atoms with E-state index in [1.807, 2.05) is 26.8 Å². The zero-order valence-electron chi connectivity index (χ0n) is 16.2. The van der Waals surface area contributed by atoms with E-state index in [9.17, 15) is 9.59 Å². The van der Waals surface area contributed by atoms with Gasteiger partial charge in [-0.05, 0) is 36.1 Å². The molecule has 0 amide bonds. The molecule has 2 aromatic carbocycles. The number of hydrogen-bond acceptors (Lipinski definition) is 3. The third-order valence-corrected chi connectivity index (χ3v) is 5.28. The van der Waals surface area contributed by atoms with Gasteiger partial charge in [-0.1, -0.05) is 61.9 Å². The molecule has 138 valence electrons. The second-order valence-electron chi connectivity index (χ2n) is 7.02. The fourth-order valence-corrected chi connectivity index (χ4v) is 3.58. The Morgan fingerprint density at radius 2 is 1.64 bits per heavy atom. The van der Waals surface area contributed by atoms with Crippen molar-refractivity contribution in [2.75, 3.05) is 5.73 Å². The molecule has 1 aliphatic carbocycles. The van der Waals surface area contributed by atoms with E-state index in [-0.39, 0.29) is 23.4 Å². The van der Waals surface area contributed by atoms with Crippen LogP contribution in [0.15, 0.2) is 42.5 Å². The minimum absolute atomic E-state index is 0.0103. The van der Waals surface area contributed by atoms with Crippen LogP contribution in [0.2, 0.25) is 0 Å². The smallest absolute Gasteiger partial charge is 0.196 e. The highest BCUT2D eigenvalue weighted by Gasteiger charge is 2.34. The van der Waals surface area contributed by atoms with Gasteiger partial charge in [-0.2, -0.15) is 0 Å². The fraction of sp³-hybridized carbons (Fsp3) is 0.200. The Labute approximate surface area is 165 Å². The van der Waals surface area contributed by atoms with E-state index in [2.05, 4.69) is 17.8 Å². The molecule has 28 heavy (non-hydrogen) atoms. The number of rotatable bonds is 2. The van der Waals surface area contributed by atoms with Crippen molar-refractivity contribution in [2.24, 2.45) is 5.92 Å². The van der Waals surface area contributed by atoms with Crippen LogP contribution in [0.4, 0.5) is 5.69 Å². The number of nitrogen functional groups attached to an aromatic ring is 1. The Morgan fingerprint density at radius 3 is 2.25 bits per heavy atom. The van der Waals surface area contributed by atoms with Crippen molar-refractivity contribution in [3.8, 4) is 24.2 Å². The minimum atomic E-state index is -0.199. The lowest BCUT2D eigenvalue weighted by Gasteiger charge is -2.25. The maximum Gasteiger partial charge on any atom is 0.196 e. The summed E-state index contributed by atoms with van der Waals surface area (Å²) in [5.41, 5.74) is 9.96. The van der Waals surface area contributed by atoms with Gasteiger partial charge in [0.05, 0.1) is 5.56 Å². The molecule has 0 heterocycles. The zero-order chi connectivity index (χ0) is 20.4. The van der Waals surface area contributed by atoms with E-state index in [0.29, 0.717) is 27.9 Å². The molecule has 0 spiro atoms. The van der Waals surface area contributed by atoms with Crippen molar-refractivity contribution >= 4 is 17.3 Å². The van der Waals surface area contributed by atoms with E-state index in [0.717, 1.165) is 11.1 Å². The van der Waals surface area contributed by atoms with Crippen LogP contribution in [0, 0.1) is 37.0 Å². The first-order valence-corrected chi connectivity index (χ1v) is 9.12. The lowest BCUT2D eigenvalue weighted by atomic mass is 9.77. The number of fused-ring (bicyclic) bond motifs is 2. The summed E-state index contributed by atoms with van der Waals surface area (Å²) in [5.74, 6) is 8.08. The highest BCUT2D eigenvalue weighted by atomic mass is 16.1. The summed E-state index contributed by atoms with van der Waals surface area (Å²) in [4.78, 5) is 26.1. The van der Waals surface area contributed by atoms with E-state index < -0.39 is 0 Å². The quantitative estimate of drug-likeness (QED) is 0.543. The average Bonchev–Trinajstić information content (AvgIpc) is 2.70. The van der Waals surface area contributed by atoms with Crippen LogP contribution in [0.5, 0.6) is 0 Å². The SMILES string of the molecule is C#C/C=C\C#C[C@@H](C)C(C)c1cc(C)c2c(c1N)C(=O)c1ccccc1C2=O. The molecule has 3 rings (SSSR count). The van der Waals surface area contributed by atoms with Crippen molar-refractivity contribution in [2.45, 2.75) is 26.7 Å². The fourth-order valence-electron chi connectivity index (χ4n) is 3.58. The number of hydrogen-bond donors (Lipinski definition) is 1. The Bertz CT molecular complexity index is 1120. The predicted molar refractivity (Wildman–Crippen MR) is 112 cm³/mol. The van der Waals surface area contributed by atoms with Gasteiger partial charge in [-0.15, -0.1) is 6.42 Å². The summed E-state index contributed by atoms with van der Waals surface area (Å²) < 4.78 is 0. The molecule has 2 atom stereocenters. The molecule has 0 saturated heterocycles. The van der Waals surface area contributed by atoms with Crippen LogP contribution in [0.3, 0.4) is 0 Å². The third kappa shape index (κ3) is 3.13. The van der Waals surface area contributed by atoms with Crippen LogP contribution < -0.4 is 5.73 Å². The van der Waals surface area contributed by atoms with Gasteiger partial charge >= 0.3 is 0 Å². The summed E-state index contributed by atoms with van der Waals surface area (Å²) in [7, 11) is 0. The normalized spacial score (nSPS) is 14.5. The molecule has 2 aromatic rings. The van der Waals surface area contributed by atoms with E-state index in [1.165, 1.54) is 0 Å². The molecule has 3 nitrogen and oxygen atoms in total. The first-order valence-electron chi connectivity index (χ1n) is 9.12. The molecule has 0 saturated carbocycles.